The summed E-state index contributed by atoms with van der Waals surface area (Å²) in [6, 6.07) is 8.43. The summed E-state index contributed by atoms with van der Waals surface area (Å²) >= 11 is 5.57. The van der Waals surface area contributed by atoms with E-state index < -0.39 is 0 Å². The van der Waals surface area contributed by atoms with E-state index in [9.17, 15) is 0 Å². The minimum atomic E-state index is 0.437. The highest BCUT2D eigenvalue weighted by atomic mass is 32.1. The summed E-state index contributed by atoms with van der Waals surface area (Å²) in [5, 5.41) is 4.59. The SMILES string of the molecule is CCn1nc(C)c2[nH]c(=S)n(-c3ccccc3C(C)C)c21. The summed E-state index contributed by atoms with van der Waals surface area (Å²) in [6.07, 6.45) is 0. The van der Waals surface area contributed by atoms with E-state index in [1.807, 2.05) is 11.6 Å². The lowest BCUT2D eigenvalue weighted by atomic mass is 10.0. The van der Waals surface area contributed by atoms with E-state index in [0.717, 1.165) is 33.9 Å². The zero-order valence-electron chi connectivity index (χ0n) is 12.8. The molecule has 1 aromatic carbocycles. The topological polar surface area (TPSA) is 38.5 Å². The van der Waals surface area contributed by atoms with Gasteiger partial charge < -0.3 is 4.98 Å². The second-order valence-corrected chi connectivity index (χ2v) is 5.97. The average molecular weight is 300 g/mol. The third-order valence-corrected chi connectivity index (χ3v) is 4.13. The van der Waals surface area contributed by atoms with Crippen molar-refractivity contribution in [2.75, 3.05) is 0 Å². The molecule has 0 saturated heterocycles. The Kier molecular flexibility index (Phi) is 3.45. The van der Waals surface area contributed by atoms with E-state index in [-0.39, 0.29) is 0 Å². The third kappa shape index (κ3) is 2.12. The number of para-hydroxylation sites is 1. The molecule has 0 aliphatic rings. The van der Waals surface area contributed by atoms with E-state index in [4.69, 9.17) is 12.2 Å². The van der Waals surface area contributed by atoms with Gasteiger partial charge in [-0.15, -0.1) is 0 Å². The van der Waals surface area contributed by atoms with Crippen molar-refractivity contribution in [2.45, 2.75) is 40.2 Å². The number of H-pyrrole nitrogens is 1. The fraction of sp³-hybridized carbons (Fsp3) is 0.375. The Balaban J connectivity index is 2.41. The summed E-state index contributed by atoms with van der Waals surface area (Å²) in [6.45, 7) is 9.34. The smallest absolute Gasteiger partial charge is 0.184 e. The molecule has 0 fully saturated rings. The van der Waals surface area contributed by atoms with Gasteiger partial charge in [-0.05, 0) is 43.6 Å². The Morgan fingerprint density at radius 3 is 2.67 bits per heavy atom. The fourth-order valence-electron chi connectivity index (χ4n) is 2.83. The molecule has 110 valence electrons. The van der Waals surface area contributed by atoms with Crippen molar-refractivity contribution in [3.05, 3.63) is 40.3 Å². The largest absolute Gasteiger partial charge is 0.327 e. The summed E-state index contributed by atoms with van der Waals surface area (Å²) < 4.78 is 4.85. The van der Waals surface area contributed by atoms with Crippen LogP contribution in [0.1, 0.15) is 37.9 Å². The summed E-state index contributed by atoms with van der Waals surface area (Å²) in [4.78, 5) is 3.31. The highest BCUT2D eigenvalue weighted by molar-refractivity contribution is 7.71. The highest BCUT2D eigenvalue weighted by Gasteiger charge is 2.17. The Bertz CT molecular complexity index is 851. The number of nitrogens with one attached hydrogen (secondary N) is 1. The number of hydrogen-bond acceptors (Lipinski definition) is 2. The molecule has 4 nitrogen and oxygen atoms in total. The number of aromatic amines is 1. The Hall–Kier alpha value is -1.88. The molecule has 3 rings (SSSR count). The molecule has 0 radical (unpaired) electrons. The molecular weight excluding hydrogens is 280 g/mol. The van der Waals surface area contributed by atoms with Gasteiger partial charge in [-0.3, -0.25) is 4.57 Å². The number of imidazole rings is 1. The molecule has 2 aromatic heterocycles. The van der Waals surface area contributed by atoms with Gasteiger partial charge in [0.2, 0.25) is 0 Å². The molecular formula is C16H20N4S. The first-order chi connectivity index (χ1) is 10.0. The average Bonchev–Trinajstić information content (AvgIpc) is 2.95. The van der Waals surface area contributed by atoms with Gasteiger partial charge in [-0.1, -0.05) is 32.0 Å². The number of hydrogen-bond donors (Lipinski definition) is 1. The second kappa shape index (κ2) is 5.15. The van der Waals surface area contributed by atoms with Crippen LogP contribution in [0.5, 0.6) is 0 Å². The van der Waals surface area contributed by atoms with Gasteiger partial charge in [0.25, 0.3) is 0 Å². The predicted molar refractivity (Wildman–Crippen MR) is 88.7 cm³/mol. The molecule has 0 bridgehead atoms. The molecule has 0 aliphatic carbocycles. The van der Waals surface area contributed by atoms with Gasteiger partial charge in [0.05, 0.1) is 11.4 Å². The third-order valence-electron chi connectivity index (χ3n) is 3.85. The number of nitrogens with zero attached hydrogens (tertiary/aromatic N) is 3. The van der Waals surface area contributed by atoms with Gasteiger partial charge in [0, 0.05) is 6.54 Å². The number of fused-ring (bicyclic) bond motifs is 1. The lowest BCUT2D eigenvalue weighted by Gasteiger charge is -2.14. The fourth-order valence-corrected chi connectivity index (χ4v) is 3.11. The van der Waals surface area contributed by atoms with Crippen LogP contribution in [0.3, 0.4) is 0 Å². The van der Waals surface area contributed by atoms with Crippen molar-refractivity contribution >= 4 is 23.4 Å². The molecule has 0 amide bonds. The zero-order chi connectivity index (χ0) is 15.1. The Labute approximate surface area is 129 Å². The molecule has 0 atom stereocenters. The second-order valence-electron chi connectivity index (χ2n) is 5.58. The standard InChI is InChI=1S/C16H20N4S/c1-5-19-15-14(11(4)18-19)17-16(21)20(15)13-9-7-6-8-12(13)10(2)3/h6-10H,5H2,1-4H3,(H,17,21). The van der Waals surface area contributed by atoms with Crippen LogP contribution in [0, 0.1) is 11.7 Å². The molecule has 1 N–H and O–H groups in total. The van der Waals surface area contributed by atoms with Crippen LogP contribution in [-0.2, 0) is 6.54 Å². The Morgan fingerprint density at radius 1 is 1.29 bits per heavy atom. The molecule has 3 aromatic rings. The van der Waals surface area contributed by atoms with E-state index in [2.05, 4.69) is 59.7 Å². The maximum absolute atomic E-state index is 5.57. The number of rotatable bonds is 3. The lowest BCUT2D eigenvalue weighted by molar-refractivity contribution is 0.661. The first-order valence-corrected chi connectivity index (χ1v) is 7.72. The minimum Gasteiger partial charge on any atom is -0.327 e. The van der Waals surface area contributed by atoms with Crippen molar-refractivity contribution < 1.29 is 0 Å². The van der Waals surface area contributed by atoms with Crippen molar-refractivity contribution in [1.29, 1.82) is 0 Å². The van der Waals surface area contributed by atoms with Gasteiger partial charge in [0.15, 0.2) is 10.4 Å². The molecule has 0 unspecified atom stereocenters. The maximum Gasteiger partial charge on any atom is 0.184 e. The van der Waals surface area contributed by atoms with Crippen molar-refractivity contribution in [2.24, 2.45) is 0 Å². The van der Waals surface area contributed by atoms with Crippen LogP contribution in [0.2, 0.25) is 0 Å². The first kappa shape index (κ1) is 14.1. The highest BCUT2D eigenvalue weighted by Crippen LogP contribution is 2.27. The monoisotopic (exact) mass is 300 g/mol. The molecule has 5 heteroatoms. The minimum absolute atomic E-state index is 0.437. The van der Waals surface area contributed by atoms with Crippen LogP contribution in [0.15, 0.2) is 24.3 Å². The summed E-state index contributed by atoms with van der Waals surface area (Å²) in [5.74, 6) is 0.437. The first-order valence-electron chi connectivity index (χ1n) is 7.32. The van der Waals surface area contributed by atoms with E-state index in [1.165, 1.54) is 5.56 Å². The number of aromatic nitrogens is 4. The van der Waals surface area contributed by atoms with Gasteiger partial charge >= 0.3 is 0 Å². The van der Waals surface area contributed by atoms with Crippen molar-refractivity contribution in [3.63, 3.8) is 0 Å². The summed E-state index contributed by atoms with van der Waals surface area (Å²) in [5.41, 5.74) is 5.49. The van der Waals surface area contributed by atoms with E-state index >= 15 is 0 Å². The van der Waals surface area contributed by atoms with Gasteiger partial charge in [-0.25, -0.2) is 4.68 Å². The number of aryl methyl sites for hydroxylation is 2. The van der Waals surface area contributed by atoms with Crippen LogP contribution < -0.4 is 0 Å². The zero-order valence-corrected chi connectivity index (χ0v) is 13.7. The Morgan fingerprint density at radius 2 is 2.00 bits per heavy atom. The van der Waals surface area contributed by atoms with Crippen LogP contribution in [-0.4, -0.2) is 19.3 Å². The van der Waals surface area contributed by atoms with E-state index in [1.54, 1.807) is 0 Å². The van der Waals surface area contributed by atoms with Gasteiger partial charge in [-0.2, -0.15) is 5.10 Å². The molecule has 0 aliphatic heterocycles. The number of benzene rings is 1. The van der Waals surface area contributed by atoms with Crippen molar-refractivity contribution in [3.8, 4) is 5.69 Å². The van der Waals surface area contributed by atoms with Gasteiger partial charge in [0.1, 0.15) is 5.52 Å². The quantitative estimate of drug-likeness (QED) is 0.731. The molecule has 21 heavy (non-hydrogen) atoms. The maximum atomic E-state index is 5.57. The summed E-state index contributed by atoms with van der Waals surface area (Å²) in [7, 11) is 0. The molecule has 0 saturated carbocycles. The van der Waals surface area contributed by atoms with Crippen LogP contribution >= 0.6 is 12.2 Å². The van der Waals surface area contributed by atoms with E-state index in [0.29, 0.717) is 5.92 Å². The lowest BCUT2D eigenvalue weighted by Crippen LogP contribution is -2.06. The molecule has 2 heterocycles. The molecule has 0 spiro atoms. The predicted octanol–water partition coefficient (Wildman–Crippen LogP) is 4.34. The van der Waals surface area contributed by atoms with Crippen molar-refractivity contribution in [1.82, 2.24) is 19.3 Å². The van der Waals surface area contributed by atoms with Crippen LogP contribution in [0.25, 0.3) is 16.9 Å². The van der Waals surface area contributed by atoms with Crippen LogP contribution in [0.4, 0.5) is 0 Å². The normalized spacial score (nSPS) is 11.7.